The van der Waals surface area contributed by atoms with E-state index >= 15 is 0 Å². The van der Waals surface area contributed by atoms with E-state index in [1.165, 1.54) is 48.8 Å². The molecule has 0 bridgehead atoms. The van der Waals surface area contributed by atoms with Crippen molar-refractivity contribution < 1.29 is 0 Å². The first-order chi connectivity index (χ1) is 23.9. The van der Waals surface area contributed by atoms with Gasteiger partial charge in [-0.1, -0.05) is 148 Å². The molecule has 0 amide bonds. The molecule has 6 heteroatoms. The number of hydrogen-bond acceptors (Lipinski definition) is 3. The maximum Gasteiger partial charge on any atom is 0.250 e. The van der Waals surface area contributed by atoms with Crippen molar-refractivity contribution >= 4 is 0 Å². The van der Waals surface area contributed by atoms with E-state index in [4.69, 9.17) is 0 Å². The van der Waals surface area contributed by atoms with Crippen molar-refractivity contribution in [3.63, 3.8) is 0 Å². The third-order valence-electron chi connectivity index (χ3n) is 8.97. The van der Waals surface area contributed by atoms with Crippen LogP contribution in [-0.4, -0.2) is 13.7 Å². The van der Waals surface area contributed by atoms with Crippen molar-refractivity contribution in [1.29, 1.82) is 0 Å². The molecule has 0 aliphatic heterocycles. The molecule has 3 aromatic heterocycles. The molecule has 3 heterocycles. The van der Waals surface area contributed by atoms with Crippen molar-refractivity contribution in [2.75, 3.05) is 0 Å². The molecule has 0 radical (unpaired) electrons. The number of aromatic nitrogens is 3. The van der Waals surface area contributed by atoms with Crippen LogP contribution in [0.25, 0.3) is 0 Å². The lowest BCUT2D eigenvalue weighted by molar-refractivity contribution is 0.304. The summed E-state index contributed by atoms with van der Waals surface area (Å²) in [6.07, 6.45) is 17.9. The van der Waals surface area contributed by atoms with E-state index in [1.54, 1.807) is 29.8 Å². The molecule has 290 valence electrons. The number of rotatable bonds is 2. The zero-order valence-corrected chi connectivity index (χ0v) is 35.8. The largest absolute Gasteiger partial charge is 0.318 e. The average molecular weight is 708 g/mol. The molecule has 0 aromatic carbocycles. The maximum absolute atomic E-state index is 11.7. The second kappa shape index (κ2) is 22.7. The molecule has 0 spiro atoms. The van der Waals surface area contributed by atoms with Gasteiger partial charge in [0.1, 0.15) is 0 Å². The molecule has 3 aliphatic carbocycles. The van der Waals surface area contributed by atoms with Gasteiger partial charge in [0.15, 0.2) is 0 Å². The number of hydrogen-bond donors (Lipinski definition) is 0. The smallest absolute Gasteiger partial charge is 0.250 e. The Labute approximate surface area is 312 Å². The van der Waals surface area contributed by atoms with Gasteiger partial charge in [0.2, 0.25) is 5.56 Å². The predicted octanol–water partition coefficient (Wildman–Crippen LogP) is 11.7. The first-order valence-corrected chi connectivity index (χ1v) is 20.0. The minimum Gasteiger partial charge on any atom is -0.318 e. The Kier molecular flexibility index (Phi) is 21.3. The van der Waals surface area contributed by atoms with Crippen molar-refractivity contribution in [1.82, 2.24) is 13.7 Å². The Hall–Kier alpha value is -3.15. The molecule has 6 nitrogen and oxygen atoms in total. The van der Waals surface area contributed by atoms with E-state index in [9.17, 15) is 14.4 Å². The van der Waals surface area contributed by atoms with Crippen LogP contribution in [0.3, 0.4) is 0 Å². The lowest BCUT2D eigenvalue weighted by Crippen LogP contribution is -2.29. The molecular weight excluding hydrogens is 631 g/mol. The van der Waals surface area contributed by atoms with Crippen molar-refractivity contribution in [2.24, 2.45) is 7.05 Å². The fourth-order valence-electron chi connectivity index (χ4n) is 4.77. The fraction of sp³-hybridized carbons (Fsp3) is 0.667. The first kappa shape index (κ1) is 47.8. The molecule has 0 saturated heterocycles. The van der Waals surface area contributed by atoms with Gasteiger partial charge in [0.25, 0.3) is 11.1 Å². The van der Waals surface area contributed by atoms with Gasteiger partial charge in [0, 0.05) is 55.9 Å². The predicted molar refractivity (Wildman–Crippen MR) is 223 cm³/mol. The molecule has 6 rings (SSSR count). The summed E-state index contributed by atoms with van der Waals surface area (Å²) in [4.78, 5) is 34.3. The van der Waals surface area contributed by atoms with Crippen molar-refractivity contribution in [2.45, 2.75) is 190 Å². The summed E-state index contributed by atoms with van der Waals surface area (Å²) in [7, 11) is 1.78. The van der Waals surface area contributed by atoms with Crippen LogP contribution in [0.4, 0.5) is 0 Å². The van der Waals surface area contributed by atoms with Crippen LogP contribution in [-0.2, 0) is 23.3 Å². The maximum atomic E-state index is 11.7. The van der Waals surface area contributed by atoms with Crippen LogP contribution in [0, 0.1) is 0 Å². The van der Waals surface area contributed by atoms with E-state index < -0.39 is 0 Å². The third kappa shape index (κ3) is 16.8. The van der Waals surface area contributed by atoms with E-state index in [1.807, 2.05) is 87.5 Å². The minimum absolute atomic E-state index is 0.0444. The summed E-state index contributed by atoms with van der Waals surface area (Å²) in [5, 5.41) is 0. The first-order valence-electron chi connectivity index (χ1n) is 20.0. The van der Waals surface area contributed by atoms with E-state index in [-0.39, 0.29) is 32.9 Å². The van der Waals surface area contributed by atoms with Crippen LogP contribution in [0.2, 0.25) is 0 Å². The van der Waals surface area contributed by atoms with Crippen LogP contribution < -0.4 is 16.7 Å². The van der Waals surface area contributed by atoms with Gasteiger partial charge in [-0.25, -0.2) is 0 Å². The summed E-state index contributed by atoms with van der Waals surface area (Å²) in [5.41, 5.74) is 4.37. The zero-order valence-electron chi connectivity index (χ0n) is 35.8. The fourth-order valence-corrected chi connectivity index (χ4v) is 4.77. The summed E-state index contributed by atoms with van der Waals surface area (Å²) in [5.74, 6) is 0. The van der Waals surface area contributed by atoms with Gasteiger partial charge in [-0.2, -0.15) is 0 Å². The highest BCUT2D eigenvalue weighted by molar-refractivity contribution is 5.21. The zero-order chi connectivity index (χ0) is 39.6. The van der Waals surface area contributed by atoms with Gasteiger partial charge in [-0.3, -0.25) is 14.4 Å². The minimum atomic E-state index is 0.0444. The summed E-state index contributed by atoms with van der Waals surface area (Å²) < 4.78 is 5.42. The van der Waals surface area contributed by atoms with Crippen LogP contribution in [0.15, 0.2) is 69.4 Å². The van der Waals surface area contributed by atoms with Gasteiger partial charge in [-0.05, 0) is 65.0 Å². The molecule has 0 unspecified atom stereocenters. The lowest BCUT2D eigenvalue weighted by atomic mass is 9.87. The standard InChI is InChI=1S/C13H19NO.C12H17NO.C10H15NO.C4H8.3C2H6/c1-13(2,3)10-7-8-12(15)14(9-10)11-5-4-6-11;1-12(2,3)9-4-7-11(14)13(8-9)10-5-6-10;1-10(2,3)8-5-6-9(12)11(4)7-8;1-2-4-3-1;3*1-2/h7-9,11H,4-6H2,1-3H3;4,7-8,10H,5-6H2,1-3H3;5-7H,1-4H3;1-4H2;3*1-2H3. The van der Waals surface area contributed by atoms with Gasteiger partial charge >= 0.3 is 0 Å². The quantitative estimate of drug-likeness (QED) is 0.266. The monoisotopic (exact) mass is 708 g/mol. The van der Waals surface area contributed by atoms with Gasteiger partial charge in [0.05, 0.1) is 0 Å². The Morgan fingerprint density at radius 2 is 0.725 bits per heavy atom. The number of nitrogens with zero attached hydrogens (tertiary/aromatic N) is 3. The second-order valence-corrected chi connectivity index (χ2v) is 16.2. The number of aryl methyl sites for hydroxylation is 1. The van der Waals surface area contributed by atoms with E-state index in [2.05, 4.69) is 62.3 Å². The van der Waals surface area contributed by atoms with Gasteiger partial charge in [-0.15, -0.1) is 0 Å². The van der Waals surface area contributed by atoms with Crippen molar-refractivity contribution in [3.05, 3.63) is 103 Å². The molecule has 0 N–H and O–H groups in total. The van der Waals surface area contributed by atoms with E-state index in [0.717, 1.165) is 25.7 Å². The average Bonchev–Trinajstić information content (AvgIpc) is 3.86. The summed E-state index contributed by atoms with van der Waals surface area (Å²) in [6, 6.07) is 11.7. The number of pyridine rings is 3. The highest BCUT2D eigenvalue weighted by atomic mass is 16.1. The van der Waals surface area contributed by atoms with Crippen LogP contribution >= 0.6 is 0 Å². The molecule has 3 aromatic rings. The van der Waals surface area contributed by atoms with E-state index in [0.29, 0.717) is 12.1 Å². The molecule has 51 heavy (non-hydrogen) atoms. The lowest BCUT2D eigenvalue weighted by Gasteiger charge is -2.29. The summed E-state index contributed by atoms with van der Waals surface area (Å²) >= 11 is 0. The molecule has 3 aliphatic rings. The SMILES string of the molecule is C1CCC1.CC.CC.CC.CC(C)(C)c1ccc(=O)n(C2CC2)c1.CC(C)(C)c1ccc(=O)n(C2CCC2)c1.Cn1cc(C(C)(C)C)ccc1=O. The Bertz CT molecular complexity index is 1560. The molecular formula is C45H77N3O3. The third-order valence-corrected chi connectivity index (χ3v) is 8.97. The van der Waals surface area contributed by atoms with Gasteiger partial charge < -0.3 is 13.7 Å². The molecule has 3 fully saturated rings. The van der Waals surface area contributed by atoms with Crippen molar-refractivity contribution in [3.8, 4) is 0 Å². The Morgan fingerprint density at radius 3 is 0.961 bits per heavy atom. The highest BCUT2D eigenvalue weighted by Crippen LogP contribution is 2.34. The topological polar surface area (TPSA) is 66.0 Å². The Morgan fingerprint density at radius 1 is 0.431 bits per heavy atom. The van der Waals surface area contributed by atoms with Crippen LogP contribution in [0.5, 0.6) is 0 Å². The molecule has 0 atom stereocenters. The van der Waals surface area contributed by atoms with Crippen LogP contribution in [0.1, 0.15) is 190 Å². The highest BCUT2D eigenvalue weighted by Gasteiger charge is 2.26. The second-order valence-electron chi connectivity index (χ2n) is 16.2. The summed E-state index contributed by atoms with van der Waals surface area (Å²) in [6.45, 7) is 31.4. The molecule has 3 saturated carbocycles. The Balaban J connectivity index is 0.000000652. The normalized spacial score (nSPS) is 14.8.